The normalized spacial score (nSPS) is 15.4. The molecule has 0 aromatic carbocycles. The number of hydrogen-bond donors (Lipinski definition) is 0. The average Bonchev–Trinajstić information content (AvgIpc) is 1.89. The van der Waals surface area contributed by atoms with Gasteiger partial charge in [0.15, 0.2) is 0 Å². The van der Waals surface area contributed by atoms with Crippen LogP contribution in [0.3, 0.4) is 0 Å². The SMILES string of the molecule is CCC(C)C=CC=NC. The Labute approximate surface area is 57.5 Å². The van der Waals surface area contributed by atoms with Crippen molar-refractivity contribution in [1.29, 1.82) is 0 Å². The Morgan fingerprint density at radius 1 is 1.56 bits per heavy atom. The molecule has 0 aliphatic heterocycles. The van der Waals surface area contributed by atoms with E-state index in [1.165, 1.54) is 6.42 Å². The molecule has 0 radical (unpaired) electrons. The molecule has 0 spiro atoms. The van der Waals surface area contributed by atoms with Crippen LogP contribution in [0.15, 0.2) is 17.1 Å². The first-order valence-electron chi connectivity index (χ1n) is 3.40. The highest BCUT2D eigenvalue weighted by Crippen LogP contribution is 2.00. The van der Waals surface area contributed by atoms with Crippen molar-refractivity contribution in [3.63, 3.8) is 0 Å². The van der Waals surface area contributed by atoms with E-state index < -0.39 is 0 Å². The van der Waals surface area contributed by atoms with Crippen LogP contribution in [0, 0.1) is 5.92 Å². The molecule has 0 aliphatic rings. The third kappa shape index (κ3) is 5.28. The minimum Gasteiger partial charge on any atom is -0.297 e. The Balaban J connectivity index is 3.43. The van der Waals surface area contributed by atoms with Crippen molar-refractivity contribution in [3.05, 3.63) is 12.2 Å². The molecular formula is C8H15N. The molecule has 0 rings (SSSR count). The van der Waals surface area contributed by atoms with Crippen LogP contribution in [0.5, 0.6) is 0 Å². The van der Waals surface area contributed by atoms with Crippen molar-refractivity contribution in [1.82, 2.24) is 0 Å². The molecule has 1 unspecified atom stereocenters. The Morgan fingerprint density at radius 3 is 2.67 bits per heavy atom. The summed E-state index contributed by atoms with van der Waals surface area (Å²) in [6.45, 7) is 4.37. The second-order valence-electron chi connectivity index (χ2n) is 2.18. The van der Waals surface area contributed by atoms with Gasteiger partial charge in [0.25, 0.3) is 0 Å². The molecule has 0 N–H and O–H groups in total. The lowest BCUT2D eigenvalue weighted by Gasteiger charge is -1.95. The van der Waals surface area contributed by atoms with Crippen LogP contribution in [0.2, 0.25) is 0 Å². The Morgan fingerprint density at radius 2 is 2.22 bits per heavy atom. The smallest absolute Gasteiger partial charge is 0.0277 e. The summed E-state index contributed by atoms with van der Waals surface area (Å²) in [4.78, 5) is 3.83. The summed E-state index contributed by atoms with van der Waals surface area (Å²) in [6.07, 6.45) is 7.17. The molecule has 52 valence electrons. The molecule has 0 saturated heterocycles. The van der Waals surface area contributed by atoms with E-state index in [-0.39, 0.29) is 0 Å². The first kappa shape index (κ1) is 8.41. The summed E-state index contributed by atoms with van der Waals surface area (Å²) in [6, 6.07) is 0. The van der Waals surface area contributed by atoms with E-state index in [9.17, 15) is 0 Å². The number of nitrogens with zero attached hydrogens (tertiary/aromatic N) is 1. The van der Waals surface area contributed by atoms with Crippen LogP contribution in [0.1, 0.15) is 20.3 Å². The topological polar surface area (TPSA) is 12.4 Å². The van der Waals surface area contributed by atoms with Gasteiger partial charge in [0.2, 0.25) is 0 Å². The number of aliphatic imine (C=N–C) groups is 1. The highest BCUT2D eigenvalue weighted by Gasteiger charge is 1.86. The number of rotatable bonds is 3. The zero-order valence-corrected chi connectivity index (χ0v) is 6.46. The van der Waals surface area contributed by atoms with Crippen molar-refractivity contribution in [2.75, 3.05) is 7.05 Å². The molecule has 0 amide bonds. The van der Waals surface area contributed by atoms with Crippen LogP contribution in [-0.4, -0.2) is 13.3 Å². The number of allylic oxidation sites excluding steroid dienone is 2. The third-order valence-corrected chi connectivity index (χ3v) is 1.32. The maximum absolute atomic E-state index is 3.83. The lowest BCUT2D eigenvalue weighted by Crippen LogP contribution is -1.83. The molecule has 1 heteroatoms. The van der Waals surface area contributed by atoms with Crippen molar-refractivity contribution in [2.45, 2.75) is 20.3 Å². The molecule has 1 atom stereocenters. The zero-order valence-electron chi connectivity index (χ0n) is 6.46. The van der Waals surface area contributed by atoms with Gasteiger partial charge < -0.3 is 0 Å². The zero-order chi connectivity index (χ0) is 7.11. The standard InChI is InChI=1S/C8H15N/c1-4-8(2)6-5-7-9-3/h5-8H,4H2,1-3H3. The van der Waals surface area contributed by atoms with Gasteiger partial charge >= 0.3 is 0 Å². The van der Waals surface area contributed by atoms with Gasteiger partial charge in [0, 0.05) is 13.3 Å². The maximum Gasteiger partial charge on any atom is 0.0277 e. The molecule has 1 nitrogen and oxygen atoms in total. The van der Waals surface area contributed by atoms with Gasteiger partial charge in [0.05, 0.1) is 0 Å². The van der Waals surface area contributed by atoms with Gasteiger partial charge in [-0.2, -0.15) is 0 Å². The largest absolute Gasteiger partial charge is 0.297 e. The van der Waals surface area contributed by atoms with Crippen LogP contribution in [-0.2, 0) is 0 Å². The number of hydrogen-bond acceptors (Lipinski definition) is 1. The van der Waals surface area contributed by atoms with Gasteiger partial charge in [0.1, 0.15) is 0 Å². The van der Waals surface area contributed by atoms with Crippen LogP contribution < -0.4 is 0 Å². The quantitative estimate of drug-likeness (QED) is 0.513. The van der Waals surface area contributed by atoms with Gasteiger partial charge in [-0.1, -0.05) is 26.3 Å². The Hall–Kier alpha value is -0.590. The highest BCUT2D eigenvalue weighted by molar-refractivity contribution is 5.70. The summed E-state index contributed by atoms with van der Waals surface area (Å²) in [5.74, 6) is 0.683. The average molecular weight is 125 g/mol. The minimum atomic E-state index is 0.683. The Bertz CT molecular complexity index is 103. The van der Waals surface area contributed by atoms with Crippen LogP contribution in [0.25, 0.3) is 0 Å². The lowest BCUT2D eigenvalue weighted by molar-refractivity contribution is 0.699. The van der Waals surface area contributed by atoms with Crippen molar-refractivity contribution in [3.8, 4) is 0 Å². The predicted molar refractivity (Wildman–Crippen MR) is 43.0 cm³/mol. The fourth-order valence-electron chi connectivity index (χ4n) is 0.462. The van der Waals surface area contributed by atoms with E-state index in [0.717, 1.165) is 0 Å². The predicted octanol–water partition coefficient (Wildman–Crippen LogP) is 2.29. The summed E-state index contributed by atoms with van der Waals surface area (Å²) < 4.78 is 0. The third-order valence-electron chi connectivity index (χ3n) is 1.32. The monoisotopic (exact) mass is 125 g/mol. The molecule has 0 bridgehead atoms. The first-order valence-corrected chi connectivity index (χ1v) is 3.40. The molecule has 0 aromatic heterocycles. The fourth-order valence-corrected chi connectivity index (χ4v) is 0.462. The van der Waals surface area contributed by atoms with Crippen LogP contribution in [0.4, 0.5) is 0 Å². The fraction of sp³-hybridized carbons (Fsp3) is 0.625. The van der Waals surface area contributed by atoms with Gasteiger partial charge in [-0.3, -0.25) is 4.99 Å². The first-order chi connectivity index (χ1) is 4.31. The van der Waals surface area contributed by atoms with E-state index in [1.807, 2.05) is 12.3 Å². The minimum absolute atomic E-state index is 0.683. The van der Waals surface area contributed by atoms with Crippen LogP contribution >= 0.6 is 0 Å². The second-order valence-corrected chi connectivity index (χ2v) is 2.18. The van der Waals surface area contributed by atoms with Crippen molar-refractivity contribution in [2.24, 2.45) is 10.9 Å². The molecule has 0 saturated carbocycles. The van der Waals surface area contributed by atoms with E-state index in [0.29, 0.717) is 5.92 Å². The summed E-state index contributed by atoms with van der Waals surface area (Å²) in [7, 11) is 1.78. The summed E-state index contributed by atoms with van der Waals surface area (Å²) in [5, 5.41) is 0. The molecule has 0 aromatic rings. The molecular weight excluding hydrogens is 110 g/mol. The van der Waals surface area contributed by atoms with E-state index in [4.69, 9.17) is 0 Å². The van der Waals surface area contributed by atoms with E-state index >= 15 is 0 Å². The van der Waals surface area contributed by atoms with Gasteiger partial charge in [-0.25, -0.2) is 0 Å². The second kappa shape index (κ2) is 5.54. The lowest BCUT2D eigenvalue weighted by atomic mass is 10.1. The van der Waals surface area contributed by atoms with Crippen molar-refractivity contribution < 1.29 is 0 Å². The summed E-state index contributed by atoms with van der Waals surface area (Å²) >= 11 is 0. The highest BCUT2D eigenvalue weighted by atomic mass is 14.6. The molecule has 0 heterocycles. The molecule has 0 fully saturated rings. The Kier molecular flexibility index (Phi) is 5.18. The molecule has 9 heavy (non-hydrogen) atoms. The van der Waals surface area contributed by atoms with Gasteiger partial charge in [-0.05, 0) is 12.0 Å². The molecule has 0 aliphatic carbocycles. The van der Waals surface area contributed by atoms with E-state index in [1.54, 1.807) is 7.05 Å². The van der Waals surface area contributed by atoms with Crippen molar-refractivity contribution >= 4 is 6.21 Å². The van der Waals surface area contributed by atoms with E-state index in [2.05, 4.69) is 24.9 Å². The summed E-state index contributed by atoms with van der Waals surface area (Å²) in [5.41, 5.74) is 0. The van der Waals surface area contributed by atoms with Gasteiger partial charge in [-0.15, -0.1) is 0 Å². The maximum atomic E-state index is 3.83.